The third-order valence-electron chi connectivity index (χ3n) is 4.65. The maximum absolute atomic E-state index is 13.3. The maximum atomic E-state index is 13.3. The number of benzene rings is 2. The Bertz CT molecular complexity index is 1260. The number of anilines is 1. The Hall–Kier alpha value is -2.44. The lowest BCUT2D eigenvalue weighted by atomic mass is 10.1. The normalized spacial score (nSPS) is 11.4. The molecule has 1 amide bonds. The minimum absolute atomic E-state index is 0.0125. The largest absolute Gasteiger partial charge is 0.291 e. The fourth-order valence-electron chi connectivity index (χ4n) is 2.88. The molecule has 0 aliphatic heterocycles. The molecular weight excluding hydrogens is 489 g/mol. The van der Waals surface area contributed by atoms with Crippen LogP contribution in [0.2, 0.25) is 10.0 Å². The molecule has 0 fully saturated rings. The highest BCUT2D eigenvalue weighted by atomic mass is 35.5. The number of aromatic nitrogens is 1. The Kier molecular flexibility index (Phi) is 7.57. The molecule has 6 nitrogen and oxygen atoms in total. The van der Waals surface area contributed by atoms with Gasteiger partial charge in [0.25, 0.3) is 5.91 Å². The molecule has 0 aliphatic rings. The summed E-state index contributed by atoms with van der Waals surface area (Å²) in [6.45, 7) is 3.01. The average molecular weight is 508 g/mol. The van der Waals surface area contributed by atoms with Crippen molar-refractivity contribution < 1.29 is 13.2 Å². The first kappa shape index (κ1) is 24.2. The molecule has 0 bridgehead atoms. The number of carbonyl (C=O) groups is 1. The van der Waals surface area contributed by atoms with E-state index in [4.69, 9.17) is 28.5 Å². The first-order chi connectivity index (χ1) is 15.1. The van der Waals surface area contributed by atoms with E-state index >= 15 is 0 Å². The van der Waals surface area contributed by atoms with Gasteiger partial charge in [-0.15, -0.1) is 11.3 Å². The van der Waals surface area contributed by atoms with Crippen LogP contribution in [0.1, 0.15) is 40.5 Å². The highest BCUT2D eigenvalue weighted by Crippen LogP contribution is 2.29. The summed E-state index contributed by atoms with van der Waals surface area (Å²) in [5.41, 5.74) is 1.61. The van der Waals surface area contributed by atoms with Crippen molar-refractivity contribution in [2.45, 2.75) is 31.9 Å². The molecule has 1 aromatic heterocycles. The molecule has 0 saturated heterocycles. The predicted molar refractivity (Wildman–Crippen MR) is 128 cm³/mol. The lowest BCUT2D eigenvalue weighted by molar-refractivity contribution is 0.100. The van der Waals surface area contributed by atoms with Crippen molar-refractivity contribution in [3.8, 4) is 6.07 Å². The maximum Gasteiger partial charge on any atom is 0.291 e. The van der Waals surface area contributed by atoms with Crippen LogP contribution < -0.4 is 4.31 Å². The second-order valence-corrected chi connectivity index (χ2v) is 11.3. The van der Waals surface area contributed by atoms with Crippen LogP contribution in [0.3, 0.4) is 0 Å². The van der Waals surface area contributed by atoms with Crippen molar-refractivity contribution in [2.24, 2.45) is 0 Å². The number of hydrogen-bond donors (Lipinski definition) is 0. The molecule has 0 N–H and O–H groups in total. The fraction of sp³-hybridized carbons (Fsp3) is 0.227. The Morgan fingerprint density at radius 2 is 1.78 bits per heavy atom. The summed E-state index contributed by atoms with van der Waals surface area (Å²) >= 11 is 13.7. The number of thiazole rings is 1. The lowest BCUT2D eigenvalue weighted by Crippen LogP contribution is -2.41. The Morgan fingerprint density at radius 3 is 2.34 bits per heavy atom. The number of halogens is 2. The van der Waals surface area contributed by atoms with E-state index < -0.39 is 21.2 Å². The van der Waals surface area contributed by atoms with Gasteiger partial charge >= 0.3 is 0 Å². The highest BCUT2D eigenvalue weighted by Gasteiger charge is 2.34. The quantitative estimate of drug-likeness (QED) is 0.421. The van der Waals surface area contributed by atoms with Crippen LogP contribution in [-0.4, -0.2) is 24.6 Å². The number of rotatable bonds is 7. The molecule has 0 radical (unpaired) electrons. The predicted octanol–water partition coefficient (Wildman–Crippen LogP) is 5.49. The van der Waals surface area contributed by atoms with Gasteiger partial charge in [0.2, 0.25) is 10.0 Å². The Morgan fingerprint density at radius 1 is 1.16 bits per heavy atom. The zero-order chi connectivity index (χ0) is 23.5. The number of hydrogen-bond acceptors (Lipinski definition) is 6. The van der Waals surface area contributed by atoms with Crippen LogP contribution in [-0.2, 0) is 22.9 Å². The molecule has 0 aliphatic carbocycles. The third kappa shape index (κ3) is 5.13. The first-order valence-electron chi connectivity index (χ1n) is 9.56. The summed E-state index contributed by atoms with van der Waals surface area (Å²) in [7, 11) is -3.99. The summed E-state index contributed by atoms with van der Waals surface area (Å²) in [4.78, 5) is 17.6. The molecule has 3 aromatic rings. The lowest BCUT2D eigenvalue weighted by Gasteiger charge is -2.24. The number of nitrogens with zero attached hydrogens (tertiary/aromatic N) is 3. The summed E-state index contributed by atoms with van der Waals surface area (Å²) in [6, 6.07) is 13.5. The van der Waals surface area contributed by atoms with Gasteiger partial charge in [-0.3, -0.25) is 4.79 Å². The highest BCUT2D eigenvalue weighted by molar-refractivity contribution is 7.94. The fourth-order valence-corrected chi connectivity index (χ4v) is 5.35. The second kappa shape index (κ2) is 10.0. The van der Waals surface area contributed by atoms with Crippen LogP contribution in [0.15, 0.2) is 47.8 Å². The van der Waals surface area contributed by atoms with Gasteiger partial charge in [-0.05, 0) is 49.2 Å². The zero-order valence-electron chi connectivity index (χ0n) is 17.2. The van der Waals surface area contributed by atoms with E-state index in [0.717, 1.165) is 9.87 Å². The van der Waals surface area contributed by atoms with E-state index in [1.807, 2.05) is 6.07 Å². The third-order valence-corrected chi connectivity index (χ3v) is 8.28. The number of amides is 1. The molecule has 10 heteroatoms. The number of nitriles is 1. The molecule has 0 unspecified atom stereocenters. The van der Waals surface area contributed by atoms with Gasteiger partial charge < -0.3 is 0 Å². The van der Waals surface area contributed by atoms with E-state index in [2.05, 4.69) is 4.98 Å². The van der Waals surface area contributed by atoms with Crippen molar-refractivity contribution in [2.75, 3.05) is 4.31 Å². The monoisotopic (exact) mass is 507 g/mol. The van der Waals surface area contributed by atoms with Crippen molar-refractivity contribution in [1.82, 2.24) is 4.98 Å². The van der Waals surface area contributed by atoms with Gasteiger partial charge in [0.05, 0.1) is 28.4 Å². The van der Waals surface area contributed by atoms with Gasteiger partial charge in [0, 0.05) is 21.8 Å². The molecule has 1 heterocycles. The molecule has 32 heavy (non-hydrogen) atoms. The van der Waals surface area contributed by atoms with Crippen molar-refractivity contribution >= 4 is 56.2 Å². The van der Waals surface area contributed by atoms with Crippen LogP contribution in [0.25, 0.3) is 0 Å². The summed E-state index contributed by atoms with van der Waals surface area (Å²) in [5.74, 6) is -0.750. The average Bonchev–Trinajstić information content (AvgIpc) is 3.21. The van der Waals surface area contributed by atoms with Gasteiger partial charge in [0.1, 0.15) is 5.69 Å². The minimum atomic E-state index is -3.99. The van der Waals surface area contributed by atoms with Gasteiger partial charge in [-0.2, -0.15) is 5.26 Å². The first-order valence-corrected chi connectivity index (χ1v) is 12.7. The van der Waals surface area contributed by atoms with E-state index in [1.54, 1.807) is 30.3 Å². The molecule has 0 spiro atoms. The van der Waals surface area contributed by atoms with Crippen molar-refractivity contribution in [3.63, 3.8) is 0 Å². The molecule has 0 saturated carbocycles. The van der Waals surface area contributed by atoms with E-state index in [-0.39, 0.29) is 17.8 Å². The van der Waals surface area contributed by atoms with Gasteiger partial charge in [-0.25, -0.2) is 17.7 Å². The summed E-state index contributed by atoms with van der Waals surface area (Å²) in [5, 5.41) is 11.1. The minimum Gasteiger partial charge on any atom is -0.266 e. The number of sulfonamides is 1. The molecular formula is C22H19Cl2N3O3S2. The summed E-state index contributed by atoms with van der Waals surface area (Å²) < 4.78 is 26.8. The van der Waals surface area contributed by atoms with Crippen LogP contribution in [0.4, 0.5) is 5.69 Å². The van der Waals surface area contributed by atoms with Crippen LogP contribution in [0.5, 0.6) is 0 Å². The van der Waals surface area contributed by atoms with E-state index in [1.165, 1.54) is 42.7 Å². The van der Waals surface area contributed by atoms with Crippen LogP contribution in [0, 0.1) is 11.3 Å². The topological polar surface area (TPSA) is 91.1 Å². The van der Waals surface area contributed by atoms with Gasteiger partial charge in [-0.1, -0.05) is 41.4 Å². The second-order valence-electron chi connectivity index (χ2n) is 7.17. The zero-order valence-corrected chi connectivity index (χ0v) is 20.4. The smallest absolute Gasteiger partial charge is 0.266 e. The number of carbonyl (C=O) groups excluding carboxylic acids is 1. The van der Waals surface area contributed by atoms with Crippen molar-refractivity contribution in [3.05, 3.63) is 79.7 Å². The van der Waals surface area contributed by atoms with Crippen molar-refractivity contribution in [1.29, 1.82) is 5.26 Å². The van der Waals surface area contributed by atoms with Gasteiger partial charge in [0.15, 0.2) is 0 Å². The molecule has 2 aromatic carbocycles. The summed E-state index contributed by atoms with van der Waals surface area (Å²) in [6.07, 6.45) is 0.501. The molecule has 3 rings (SSSR count). The van der Waals surface area contributed by atoms with E-state index in [0.29, 0.717) is 27.0 Å². The van der Waals surface area contributed by atoms with Crippen LogP contribution >= 0.6 is 34.5 Å². The molecule has 0 atom stereocenters. The SMILES string of the molecule is CC(C)S(=O)(=O)N(C(=O)c1csc(Cc2c(Cl)cccc2Cl)n1)c1ccc(CC#N)cc1. The molecule has 166 valence electrons. The Balaban J connectivity index is 1.96. The Labute approximate surface area is 201 Å². The standard InChI is InChI=1S/C22H19Cl2N3O3S2/c1-14(2)32(29,30)27(16-8-6-15(7-9-16)10-11-25)22(28)20-13-31-21(26-20)12-17-18(23)4-3-5-19(17)24/h3-9,13-14H,10,12H2,1-2H3. The van der Waals surface area contributed by atoms with E-state index in [9.17, 15) is 13.2 Å².